The molecule has 1 heterocycles. The van der Waals surface area contributed by atoms with Crippen LogP contribution in [0.25, 0.3) is 0 Å². The number of nitrogens with two attached hydrogens (primary N) is 1. The molecule has 1 unspecified atom stereocenters. The normalized spacial score (nSPS) is 12.1. The van der Waals surface area contributed by atoms with Gasteiger partial charge in [-0.15, -0.1) is 0 Å². The fraction of sp³-hybridized carbons (Fsp3) is 0.167. The highest BCUT2D eigenvalue weighted by molar-refractivity contribution is 9.10. The van der Waals surface area contributed by atoms with E-state index in [1.807, 2.05) is 37.3 Å². The van der Waals surface area contributed by atoms with Crippen LogP contribution in [0.5, 0.6) is 5.88 Å². The van der Waals surface area contributed by atoms with Gasteiger partial charge in [-0.05, 0) is 28.4 Å². The summed E-state index contributed by atoms with van der Waals surface area (Å²) >= 11 is 3.23. The minimum atomic E-state index is -0.123. The first-order chi connectivity index (χ1) is 8.16. The number of hydrogen-bond donors (Lipinski definition) is 1. The van der Waals surface area contributed by atoms with Gasteiger partial charge in [-0.3, -0.25) is 0 Å². The summed E-state index contributed by atoms with van der Waals surface area (Å²) in [6.45, 7) is 1.94. The number of benzene rings is 1. The number of rotatable bonds is 3. The van der Waals surface area contributed by atoms with Crippen molar-refractivity contribution in [2.45, 2.75) is 13.0 Å². The predicted molar refractivity (Wildman–Crippen MR) is 69.6 cm³/mol. The minimum Gasteiger partial charge on any atom is -0.467 e. The summed E-state index contributed by atoms with van der Waals surface area (Å²) in [7, 11) is 0. The molecule has 17 heavy (non-hydrogen) atoms. The van der Waals surface area contributed by atoms with E-state index in [-0.39, 0.29) is 11.9 Å². The molecule has 1 aromatic carbocycles. The number of halogens is 1. The highest BCUT2D eigenvalue weighted by Gasteiger charge is 2.11. The van der Waals surface area contributed by atoms with Gasteiger partial charge < -0.3 is 10.5 Å². The van der Waals surface area contributed by atoms with Gasteiger partial charge in [0.1, 0.15) is 10.7 Å². The summed E-state index contributed by atoms with van der Waals surface area (Å²) < 4.78 is 6.28. The number of ether oxygens (including phenoxy) is 1. The SMILES string of the molecule is CC(Oc1nc(Br)cnc1N)c1ccccc1. The van der Waals surface area contributed by atoms with Gasteiger partial charge in [0.05, 0.1) is 6.20 Å². The molecule has 1 aromatic heterocycles. The maximum absolute atomic E-state index is 5.70. The van der Waals surface area contributed by atoms with Gasteiger partial charge in [0.2, 0.25) is 0 Å². The van der Waals surface area contributed by atoms with Crippen LogP contribution in [0.2, 0.25) is 0 Å². The van der Waals surface area contributed by atoms with Crippen LogP contribution in [-0.4, -0.2) is 9.97 Å². The average molecular weight is 294 g/mol. The monoisotopic (exact) mass is 293 g/mol. The lowest BCUT2D eigenvalue weighted by atomic mass is 10.1. The minimum absolute atomic E-state index is 0.123. The highest BCUT2D eigenvalue weighted by atomic mass is 79.9. The lowest BCUT2D eigenvalue weighted by Gasteiger charge is -2.14. The van der Waals surface area contributed by atoms with Crippen molar-refractivity contribution < 1.29 is 4.74 Å². The summed E-state index contributed by atoms with van der Waals surface area (Å²) in [5.41, 5.74) is 6.76. The summed E-state index contributed by atoms with van der Waals surface area (Å²) in [6, 6.07) is 9.87. The van der Waals surface area contributed by atoms with Crippen LogP contribution in [0.3, 0.4) is 0 Å². The Labute approximate surface area is 108 Å². The number of hydrogen-bond acceptors (Lipinski definition) is 4. The van der Waals surface area contributed by atoms with Crippen molar-refractivity contribution in [2.24, 2.45) is 0 Å². The highest BCUT2D eigenvalue weighted by Crippen LogP contribution is 2.24. The number of anilines is 1. The Hall–Kier alpha value is -1.62. The molecule has 0 aliphatic heterocycles. The number of nitrogens with zero attached hydrogens (tertiary/aromatic N) is 2. The zero-order valence-corrected chi connectivity index (χ0v) is 10.9. The molecule has 2 N–H and O–H groups in total. The fourth-order valence-electron chi connectivity index (χ4n) is 1.41. The summed E-state index contributed by atoms with van der Waals surface area (Å²) in [6.07, 6.45) is 1.41. The molecule has 0 saturated heterocycles. The third kappa shape index (κ3) is 2.94. The topological polar surface area (TPSA) is 61.0 Å². The van der Waals surface area contributed by atoms with Gasteiger partial charge in [-0.2, -0.15) is 0 Å². The van der Waals surface area contributed by atoms with Crippen molar-refractivity contribution in [3.63, 3.8) is 0 Å². The van der Waals surface area contributed by atoms with Crippen LogP contribution in [-0.2, 0) is 0 Å². The molecule has 0 spiro atoms. The molecule has 0 amide bonds. The Morgan fingerprint density at radius 1 is 1.29 bits per heavy atom. The van der Waals surface area contributed by atoms with Crippen LogP contribution < -0.4 is 10.5 Å². The van der Waals surface area contributed by atoms with E-state index in [1.54, 1.807) is 0 Å². The van der Waals surface area contributed by atoms with Crippen molar-refractivity contribution >= 4 is 21.7 Å². The lowest BCUT2D eigenvalue weighted by Crippen LogP contribution is -2.07. The molecule has 2 rings (SSSR count). The van der Waals surface area contributed by atoms with Gasteiger partial charge in [0.15, 0.2) is 5.82 Å². The Kier molecular flexibility index (Phi) is 3.58. The zero-order valence-electron chi connectivity index (χ0n) is 9.30. The molecule has 0 aliphatic rings. The van der Waals surface area contributed by atoms with Crippen LogP contribution >= 0.6 is 15.9 Å². The van der Waals surface area contributed by atoms with Gasteiger partial charge in [0.25, 0.3) is 5.88 Å². The van der Waals surface area contributed by atoms with E-state index in [9.17, 15) is 0 Å². The third-order valence-electron chi connectivity index (χ3n) is 2.30. The van der Waals surface area contributed by atoms with E-state index in [0.29, 0.717) is 10.5 Å². The van der Waals surface area contributed by atoms with Crippen LogP contribution in [0.4, 0.5) is 5.82 Å². The smallest absolute Gasteiger partial charge is 0.258 e. The third-order valence-corrected chi connectivity index (χ3v) is 2.68. The molecular formula is C12H12BrN3O. The standard InChI is InChI=1S/C12H12BrN3O/c1-8(9-5-3-2-4-6-9)17-12-11(14)15-7-10(13)16-12/h2-8H,1H3,(H2,14,15). The maximum atomic E-state index is 5.70. The molecular weight excluding hydrogens is 282 g/mol. The number of nitrogen functional groups attached to an aromatic ring is 1. The van der Waals surface area contributed by atoms with Crippen molar-refractivity contribution in [2.75, 3.05) is 5.73 Å². The van der Waals surface area contributed by atoms with E-state index in [2.05, 4.69) is 25.9 Å². The van der Waals surface area contributed by atoms with Crippen molar-refractivity contribution in [3.05, 3.63) is 46.7 Å². The first-order valence-corrected chi connectivity index (χ1v) is 5.95. The predicted octanol–water partition coefficient (Wildman–Crippen LogP) is 2.96. The van der Waals surface area contributed by atoms with E-state index in [4.69, 9.17) is 10.5 Å². The second-order valence-corrected chi connectivity index (χ2v) is 4.37. The maximum Gasteiger partial charge on any atom is 0.258 e. The number of aromatic nitrogens is 2. The first kappa shape index (κ1) is 11.9. The molecule has 0 radical (unpaired) electrons. The van der Waals surface area contributed by atoms with E-state index in [0.717, 1.165) is 5.56 Å². The second-order valence-electron chi connectivity index (χ2n) is 3.55. The molecule has 0 bridgehead atoms. The van der Waals surface area contributed by atoms with Gasteiger partial charge in [-0.1, -0.05) is 30.3 Å². The zero-order chi connectivity index (χ0) is 12.3. The van der Waals surface area contributed by atoms with Gasteiger partial charge >= 0.3 is 0 Å². The molecule has 5 heteroatoms. The van der Waals surface area contributed by atoms with Crippen LogP contribution in [0.1, 0.15) is 18.6 Å². The lowest BCUT2D eigenvalue weighted by molar-refractivity contribution is 0.218. The molecule has 4 nitrogen and oxygen atoms in total. The average Bonchev–Trinajstić information content (AvgIpc) is 2.35. The Balaban J connectivity index is 2.18. The van der Waals surface area contributed by atoms with Crippen molar-refractivity contribution in [1.82, 2.24) is 9.97 Å². The molecule has 2 aromatic rings. The van der Waals surface area contributed by atoms with E-state index in [1.165, 1.54) is 6.20 Å². The van der Waals surface area contributed by atoms with Crippen molar-refractivity contribution in [1.29, 1.82) is 0 Å². The summed E-state index contributed by atoms with van der Waals surface area (Å²) in [4.78, 5) is 8.11. The second kappa shape index (κ2) is 5.14. The molecule has 0 aliphatic carbocycles. The summed E-state index contributed by atoms with van der Waals surface area (Å²) in [5.74, 6) is 0.631. The van der Waals surface area contributed by atoms with Gasteiger partial charge in [-0.25, -0.2) is 9.97 Å². The first-order valence-electron chi connectivity index (χ1n) is 5.16. The largest absolute Gasteiger partial charge is 0.467 e. The fourth-order valence-corrected chi connectivity index (χ4v) is 1.67. The Morgan fingerprint density at radius 3 is 2.71 bits per heavy atom. The quantitative estimate of drug-likeness (QED) is 0.945. The van der Waals surface area contributed by atoms with Gasteiger partial charge in [0, 0.05) is 0 Å². The Bertz CT molecular complexity index is 504. The molecule has 88 valence electrons. The molecule has 1 atom stereocenters. The Morgan fingerprint density at radius 2 is 2.00 bits per heavy atom. The van der Waals surface area contributed by atoms with Crippen LogP contribution in [0, 0.1) is 0 Å². The van der Waals surface area contributed by atoms with E-state index >= 15 is 0 Å². The summed E-state index contributed by atoms with van der Waals surface area (Å²) in [5, 5.41) is 0. The molecule has 0 saturated carbocycles. The van der Waals surface area contributed by atoms with Crippen molar-refractivity contribution in [3.8, 4) is 5.88 Å². The van der Waals surface area contributed by atoms with E-state index < -0.39 is 0 Å². The molecule has 0 fully saturated rings. The van der Waals surface area contributed by atoms with Crippen LogP contribution in [0.15, 0.2) is 41.1 Å².